The molecule has 3 heteroatoms. The largest absolute Gasteiger partial charge is 0.371 e. The molecule has 2 atom stereocenters. The first-order chi connectivity index (χ1) is 8.75. The monoisotopic (exact) mass is 245 g/mol. The van der Waals surface area contributed by atoms with Gasteiger partial charge in [0.1, 0.15) is 0 Å². The zero-order valence-corrected chi connectivity index (χ0v) is 11.2. The average molecular weight is 245 g/mol. The summed E-state index contributed by atoms with van der Waals surface area (Å²) in [5.74, 6) is 0. The quantitative estimate of drug-likeness (QED) is 0.823. The Labute approximate surface area is 110 Å². The zero-order valence-electron chi connectivity index (χ0n) is 11.2. The molecule has 1 saturated carbocycles. The number of fused-ring (bicyclic) bond motifs is 1. The summed E-state index contributed by atoms with van der Waals surface area (Å²) in [5, 5.41) is 0. The molecule has 1 aliphatic carbocycles. The Morgan fingerprint density at radius 1 is 1.11 bits per heavy atom. The summed E-state index contributed by atoms with van der Waals surface area (Å²) < 4.78 is 0. The molecule has 0 saturated heterocycles. The number of likely N-dealkylation sites (N-methyl/N-ethyl adjacent to an activating group) is 1. The third kappa shape index (κ3) is 2.07. The van der Waals surface area contributed by atoms with Crippen molar-refractivity contribution in [3.8, 4) is 0 Å². The minimum atomic E-state index is 0.399. The van der Waals surface area contributed by atoms with Crippen LogP contribution in [0, 0.1) is 0 Å². The molecule has 2 unspecified atom stereocenters. The molecule has 1 fully saturated rings. The van der Waals surface area contributed by atoms with Gasteiger partial charge in [-0.2, -0.15) is 0 Å². The Kier molecular flexibility index (Phi) is 3.16. The molecule has 0 radical (unpaired) electrons. The highest BCUT2D eigenvalue weighted by molar-refractivity contribution is 5.73. The van der Waals surface area contributed by atoms with E-state index in [-0.39, 0.29) is 0 Å². The van der Waals surface area contributed by atoms with Crippen molar-refractivity contribution in [2.75, 3.05) is 29.9 Å². The van der Waals surface area contributed by atoms with Crippen LogP contribution in [0.2, 0.25) is 0 Å². The number of hydrogen-bond donors (Lipinski definition) is 1. The molecular formula is C15H23N3. The van der Waals surface area contributed by atoms with E-state index in [4.69, 9.17) is 5.73 Å². The normalized spacial score (nSPS) is 28.1. The lowest BCUT2D eigenvalue weighted by Gasteiger charge is -2.44. The van der Waals surface area contributed by atoms with Crippen molar-refractivity contribution in [1.29, 1.82) is 0 Å². The van der Waals surface area contributed by atoms with Gasteiger partial charge in [0, 0.05) is 32.2 Å². The first kappa shape index (κ1) is 11.8. The minimum absolute atomic E-state index is 0.399. The van der Waals surface area contributed by atoms with Crippen LogP contribution in [0.5, 0.6) is 0 Å². The van der Waals surface area contributed by atoms with Crippen molar-refractivity contribution in [2.24, 2.45) is 5.73 Å². The van der Waals surface area contributed by atoms with Crippen LogP contribution in [0.25, 0.3) is 0 Å². The van der Waals surface area contributed by atoms with Crippen molar-refractivity contribution in [3.05, 3.63) is 24.3 Å². The van der Waals surface area contributed by atoms with Crippen LogP contribution in [-0.2, 0) is 0 Å². The van der Waals surface area contributed by atoms with Crippen LogP contribution in [0.15, 0.2) is 24.3 Å². The second kappa shape index (κ2) is 4.81. The fourth-order valence-corrected chi connectivity index (χ4v) is 3.39. The Morgan fingerprint density at radius 3 is 2.67 bits per heavy atom. The standard InChI is InChI=1S/C15H23N3/c1-17-9-10-18(13-6-4-5-12(16)11-13)15-8-3-2-7-14(15)17/h2-3,7-8,12-13H,4-6,9-11,16H2,1H3. The second-order valence-corrected chi connectivity index (χ2v) is 5.68. The van der Waals surface area contributed by atoms with Gasteiger partial charge >= 0.3 is 0 Å². The molecule has 3 rings (SSSR count). The lowest BCUT2D eigenvalue weighted by Crippen LogP contribution is -2.48. The molecule has 0 spiro atoms. The maximum Gasteiger partial charge on any atom is 0.0607 e. The first-order valence-electron chi connectivity index (χ1n) is 7.08. The fourth-order valence-electron chi connectivity index (χ4n) is 3.39. The number of benzene rings is 1. The van der Waals surface area contributed by atoms with Crippen LogP contribution in [0.3, 0.4) is 0 Å². The summed E-state index contributed by atoms with van der Waals surface area (Å²) in [4.78, 5) is 4.95. The number of rotatable bonds is 1. The van der Waals surface area contributed by atoms with E-state index in [0.29, 0.717) is 12.1 Å². The summed E-state index contributed by atoms with van der Waals surface area (Å²) in [6.45, 7) is 2.24. The molecule has 2 N–H and O–H groups in total. The molecule has 2 aliphatic rings. The summed E-state index contributed by atoms with van der Waals surface area (Å²) in [6.07, 6.45) is 4.93. The maximum atomic E-state index is 6.14. The molecule has 1 aromatic carbocycles. The molecule has 1 heterocycles. The van der Waals surface area contributed by atoms with E-state index in [0.717, 1.165) is 19.5 Å². The molecule has 0 aromatic heterocycles. The van der Waals surface area contributed by atoms with Crippen LogP contribution in [-0.4, -0.2) is 32.2 Å². The summed E-state index contributed by atoms with van der Waals surface area (Å²) in [7, 11) is 2.18. The highest BCUT2D eigenvalue weighted by Gasteiger charge is 2.29. The van der Waals surface area contributed by atoms with Crippen LogP contribution in [0.1, 0.15) is 25.7 Å². The topological polar surface area (TPSA) is 32.5 Å². The number of hydrogen-bond acceptors (Lipinski definition) is 3. The molecule has 0 amide bonds. The molecular weight excluding hydrogens is 222 g/mol. The van der Waals surface area contributed by atoms with Gasteiger partial charge in [-0.15, -0.1) is 0 Å². The van der Waals surface area contributed by atoms with Crippen molar-refractivity contribution < 1.29 is 0 Å². The molecule has 98 valence electrons. The molecule has 1 aliphatic heterocycles. The van der Waals surface area contributed by atoms with Gasteiger partial charge in [0.2, 0.25) is 0 Å². The third-order valence-corrected chi connectivity index (χ3v) is 4.41. The van der Waals surface area contributed by atoms with Crippen molar-refractivity contribution in [3.63, 3.8) is 0 Å². The van der Waals surface area contributed by atoms with E-state index in [1.807, 2.05) is 0 Å². The van der Waals surface area contributed by atoms with Crippen LogP contribution in [0.4, 0.5) is 11.4 Å². The van der Waals surface area contributed by atoms with Gasteiger partial charge in [0.25, 0.3) is 0 Å². The lowest BCUT2D eigenvalue weighted by molar-refractivity contribution is 0.372. The summed E-state index contributed by atoms with van der Waals surface area (Å²) in [6, 6.07) is 9.80. The van der Waals surface area contributed by atoms with Gasteiger partial charge < -0.3 is 15.5 Å². The number of anilines is 2. The molecule has 3 nitrogen and oxygen atoms in total. The van der Waals surface area contributed by atoms with Crippen molar-refractivity contribution in [2.45, 2.75) is 37.8 Å². The Bertz CT molecular complexity index is 418. The average Bonchev–Trinajstić information content (AvgIpc) is 2.39. The third-order valence-electron chi connectivity index (χ3n) is 4.41. The SMILES string of the molecule is CN1CCN(C2CCCC(N)C2)c2ccccc21. The van der Waals surface area contributed by atoms with E-state index in [2.05, 4.69) is 41.1 Å². The predicted molar refractivity (Wildman–Crippen MR) is 77.3 cm³/mol. The first-order valence-corrected chi connectivity index (χ1v) is 7.08. The van der Waals surface area contributed by atoms with Gasteiger partial charge in [-0.25, -0.2) is 0 Å². The highest BCUT2D eigenvalue weighted by atomic mass is 15.3. The van der Waals surface area contributed by atoms with Crippen molar-refractivity contribution in [1.82, 2.24) is 0 Å². The smallest absolute Gasteiger partial charge is 0.0607 e. The van der Waals surface area contributed by atoms with Crippen LogP contribution < -0.4 is 15.5 Å². The Morgan fingerprint density at radius 2 is 1.89 bits per heavy atom. The predicted octanol–water partition coefficient (Wildman–Crippen LogP) is 2.21. The molecule has 0 bridgehead atoms. The Hall–Kier alpha value is -1.22. The molecule has 1 aromatic rings. The second-order valence-electron chi connectivity index (χ2n) is 5.68. The van der Waals surface area contributed by atoms with E-state index >= 15 is 0 Å². The van der Waals surface area contributed by atoms with Gasteiger partial charge in [0.05, 0.1) is 11.4 Å². The number of para-hydroxylation sites is 2. The van der Waals surface area contributed by atoms with Gasteiger partial charge in [-0.1, -0.05) is 12.1 Å². The van der Waals surface area contributed by atoms with Gasteiger partial charge in [0.15, 0.2) is 0 Å². The van der Waals surface area contributed by atoms with Gasteiger partial charge in [-0.3, -0.25) is 0 Å². The molecule has 18 heavy (non-hydrogen) atoms. The minimum Gasteiger partial charge on any atom is -0.371 e. The maximum absolute atomic E-state index is 6.14. The number of nitrogens with zero attached hydrogens (tertiary/aromatic N) is 2. The van der Waals surface area contributed by atoms with E-state index in [1.54, 1.807) is 0 Å². The van der Waals surface area contributed by atoms with Crippen LogP contribution >= 0.6 is 0 Å². The van der Waals surface area contributed by atoms with Crippen molar-refractivity contribution >= 4 is 11.4 Å². The fraction of sp³-hybridized carbons (Fsp3) is 0.600. The summed E-state index contributed by atoms with van der Waals surface area (Å²) in [5.41, 5.74) is 8.90. The zero-order chi connectivity index (χ0) is 12.5. The summed E-state index contributed by atoms with van der Waals surface area (Å²) >= 11 is 0. The lowest BCUT2D eigenvalue weighted by atomic mass is 9.89. The van der Waals surface area contributed by atoms with Gasteiger partial charge in [-0.05, 0) is 37.8 Å². The highest BCUT2D eigenvalue weighted by Crippen LogP contribution is 2.36. The van der Waals surface area contributed by atoms with E-state index < -0.39 is 0 Å². The van der Waals surface area contributed by atoms with E-state index in [1.165, 1.54) is 30.6 Å². The number of nitrogens with two attached hydrogens (primary N) is 1. The Balaban J connectivity index is 1.87. The van der Waals surface area contributed by atoms with E-state index in [9.17, 15) is 0 Å².